The van der Waals surface area contributed by atoms with Crippen molar-refractivity contribution in [2.75, 3.05) is 0 Å². The molecule has 2 aromatic carbocycles. The maximum atomic E-state index is 9.48. The Hall–Kier alpha value is -2.36. The van der Waals surface area contributed by atoms with Crippen molar-refractivity contribution < 1.29 is 10.2 Å². The first kappa shape index (κ1) is 13.1. The summed E-state index contributed by atoms with van der Waals surface area (Å²) in [7, 11) is 0. The van der Waals surface area contributed by atoms with Crippen LogP contribution < -0.4 is 0 Å². The number of aromatic hydroxyl groups is 2. The molecule has 4 nitrogen and oxygen atoms in total. The Morgan fingerprint density at radius 1 is 0.737 bits per heavy atom. The molecule has 0 radical (unpaired) electrons. The maximum absolute atomic E-state index is 9.48. The van der Waals surface area contributed by atoms with Gasteiger partial charge in [-0.25, -0.2) is 0 Å². The average molecular weight is 256 g/mol. The number of aryl methyl sites for hydroxylation is 3. The first-order chi connectivity index (χ1) is 8.97. The summed E-state index contributed by atoms with van der Waals surface area (Å²) < 4.78 is 0. The molecular formula is C15H16N2O2. The monoisotopic (exact) mass is 256 g/mol. The highest BCUT2D eigenvalue weighted by Crippen LogP contribution is 2.31. The molecule has 0 aliphatic rings. The predicted molar refractivity (Wildman–Crippen MR) is 74.6 cm³/mol. The van der Waals surface area contributed by atoms with Gasteiger partial charge in [-0.2, -0.15) is 5.11 Å². The van der Waals surface area contributed by atoms with E-state index in [1.165, 1.54) is 0 Å². The highest BCUT2D eigenvalue weighted by Gasteiger charge is 2.04. The largest absolute Gasteiger partial charge is 0.508 e. The third-order valence-corrected chi connectivity index (χ3v) is 2.91. The van der Waals surface area contributed by atoms with E-state index < -0.39 is 0 Å². The molecule has 0 aliphatic carbocycles. The van der Waals surface area contributed by atoms with E-state index in [4.69, 9.17) is 0 Å². The lowest BCUT2D eigenvalue weighted by Crippen LogP contribution is -1.80. The minimum Gasteiger partial charge on any atom is -0.508 e. The fourth-order valence-corrected chi connectivity index (χ4v) is 1.95. The van der Waals surface area contributed by atoms with Gasteiger partial charge in [0, 0.05) is 0 Å². The molecule has 0 spiro atoms. The van der Waals surface area contributed by atoms with E-state index in [0.29, 0.717) is 5.69 Å². The normalized spacial score (nSPS) is 11.1. The molecule has 0 aromatic heterocycles. The van der Waals surface area contributed by atoms with Gasteiger partial charge in [0.15, 0.2) is 0 Å². The Balaban J connectivity index is 2.38. The van der Waals surface area contributed by atoms with Crippen molar-refractivity contribution >= 4 is 11.4 Å². The van der Waals surface area contributed by atoms with Crippen molar-refractivity contribution in [1.82, 2.24) is 0 Å². The van der Waals surface area contributed by atoms with Gasteiger partial charge in [-0.05, 0) is 67.8 Å². The van der Waals surface area contributed by atoms with Gasteiger partial charge in [0.25, 0.3) is 0 Å². The molecule has 0 unspecified atom stereocenters. The second kappa shape index (κ2) is 5.10. The Labute approximate surface area is 112 Å². The van der Waals surface area contributed by atoms with E-state index in [2.05, 4.69) is 10.2 Å². The third-order valence-electron chi connectivity index (χ3n) is 2.91. The quantitative estimate of drug-likeness (QED) is 0.780. The number of hydrogen-bond acceptors (Lipinski definition) is 4. The van der Waals surface area contributed by atoms with Gasteiger partial charge in [0.05, 0.1) is 11.4 Å². The van der Waals surface area contributed by atoms with Crippen LogP contribution in [-0.4, -0.2) is 10.2 Å². The Kier molecular flexibility index (Phi) is 3.51. The molecule has 0 amide bonds. The Bertz CT molecular complexity index is 626. The van der Waals surface area contributed by atoms with Crippen molar-refractivity contribution in [2.45, 2.75) is 20.8 Å². The molecule has 0 saturated heterocycles. The van der Waals surface area contributed by atoms with Crippen molar-refractivity contribution in [3.05, 3.63) is 47.0 Å². The van der Waals surface area contributed by atoms with Gasteiger partial charge in [-0.1, -0.05) is 0 Å². The molecule has 2 aromatic rings. The highest BCUT2D eigenvalue weighted by atomic mass is 16.3. The maximum Gasteiger partial charge on any atom is 0.116 e. The van der Waals surface area contributed by atoms with Crippen LogP contribution in [0.15, 0.2) is 40.6 Å². The third kappa shape index (κ3) is 2.91. The number of rotatable bonds is 2. The van der Waals surface area contributed by atoms with Gasteiger partial charge in [-0.15, -0.1) is 5.11 Å². The molecule has 0 bridgehead atoms. The van der Waals surface area contributed by atoms with Crippen molar-refractivity contribution in [3.63, 3.8) is 0 Å². The molecular weight excluding hydrogens is 240 g/mol. The van der Waals surface area contributed by atoms with Crippen LogP contribution in [0.5, 0.6) is 11.5 Å². The van der Waals surface area contributed by atoms with Crippen LogP contribution in [0.2, 0.25) is 0 Å². The van der Waals surface area contributed by atoms with Crippen LogP contribution in [0.3, 0.4) is 0 Å². The topological polar surface area (TPSA) is 65.2 Å². The molecule has 98 valence electrons. The van der Waals surface area contributed by atoms with E-state index >= 15 is 0 Å². The van der Waals surface area contributed by atoms with Crippen LogP contribution in [-0.2, 0) is 0 Å². The zero-order valence-electron chi connectivity index (χ0n) is 11.2. The molecule has 2 rings (SSSR count). The summed E-state index contributed by atoms with van der Waals surface area (Å²) in [6.07, 6.45) is 0. The second-order valence-electron chi connectivity index (χ2n) is 4.60. The van der Waals surface area contributed by atoms with Crippen LogP contribution >= 0.6 is 0 Å². The lowest BCUT2D eigenvalue weighted by molar-refractivity contribution is 0.474. The van der Waals surface area contributed by atoms with Crippen LogP contribution in [0.4, 0.5) is 11.4 Å². The molecule has 4 heteroatoms. The number of hydrogen-bond donors (Lipinski definition) is 2. The average Bonchev–Trinajstić information content (AvgIpc) is 2.30. The van der Waals surface area contributed by atoms with E-state index in [1.54, 1.807) is 30.3 Å². The minimum absolute atomic E-state index is 0.216. The number of phenolic OH excluding ortho intramolecular Hbond substituents is 2. The summed E-state index contributed by atoms with van der Waals surface area (Å²) in [5, 5.41) is 27.3. The van der Waals surface area contributed by atoms with Gasteiger partial charge in [-0.3, -0.25) is 0 Å². The lowest BCUT2D eigenvalue weighted by Gasteiger charge is -2.05. The van der Waals surface area contributed by atoms with Gasteiger partial charge in [0.1, 0.15) is 11.5 Å². The Morgan fingerprint density at radius 3 is 1.89 bits per heavy atom. The summed E-state index contributed by atoms with van der Waals surface area (Å²) in [6, 6.07) is 8.26. The van der Waals surface area contributed by atoms with Gasteiger partial charge in [0.2, 0.25) is 0 Å². The number of phenols is 2. The molecule has 0 fully saturated rings. The summed E-state index contributed by atoms with van der Waals surface area (Å²) in [4.78, 5) is 0. The van der Waals surface area contributed by atoms with Gasteiger partial charge < -0.3 is 10.2 Å². The van der Waals surface area contributed by atoms with E-state index in [9.17, 15) is 10.2 Å². The first-order valence-electron chi connectivity index (χ1n) is 5.99. The van der Waals surface area contributed by atoms with Gasteiger partial charge >= 0.3 is 0 Å². The lowest BCUT2D eigenvalue weighted by atomic mass is 10.1. The standard InChI is InChI=1S/C15H16N2O2/c1-9-6-12(18)4-5-14(9)16-17-15-10(2)7-13(19)8-11(15)3/h4-8,18-19H,1-3H3/b17-16+. The molecule has 0 heterocycles. The first-order valence-corrected chi connectivity index (χ1v) is 5.99. The number of azo groups is 1. The van der Waals surface area contributed by atoms with Crippen molar-refractivity contribution in [2.24, 2.45) is 10.2 Å². The summed E-state index contributed by atoms with van der Waals surface area (Å²) in [6.45, 7) is 5.63. The summed E-state index contributed by atoms with van der Waals surface area (Å²) in [5.74, 6) is 0.447. The smallest absolute Gasteiger partial charge is 0.116 e. The molecule has 19 heavy (non-hydrogen) atoms. The molecule has 0 atom stereocenters. The number of nitrogens with zero attached hydrogens (tertiary/aromatic N) is 2. The van der Waals surface area contributed by atoms with E-state index in [-0.39, 0.29) is 11.5 Å². The predicted octanol–water partition coefficient (Wildman–Crippen LogP) is 4.44. The fourth-order valence-electron chi connectivity index (χ4n) is 1.95. The second-order valence-corrected chi connectivity index (χ2v) is 4.60. The van der Waals surface area contributed by atoms with Crippen molar-refractivity contribution in [3.8, 4) is 11.5 Å². The zero-order valence-corrected chi connectivity index (χ0v) is 11.2. The minimum atomic E-state index is 0.216. The Morgan fingerprint density at radius 2 is 1.32 bits per heavy atom. The molecule has 0 saturated carbocycles. The fraction of sp³-hybridized carbons (Fsp3) is 0.200. The van der Waals surface area contributed by atoms with Crippen LogP contribution in [0.25, 0.3) is 0 Å². The van der Waals surface area contributed by atoms with Crippen LogP contribution in [0, 0.1) is 20.8 Å². The molecule has 2 N–H and O–H groups in total. The highest BCUT2D eigenvalue weighted by molar-refractivity contribution is 5.56. The number of benzene rings is 2. The van der Waals surface area contributed by atoms with Crippen LogP contribution in [0.1, 0.15) is 16.7 Å². The SMILES string of the molecule is Cc1cc(O)ccc1/N=N/c1c(C)cc(O)cc1C. The van der Waals surface area contributed by atoms with Crippen molar-refractivity contribution in [1.29, 1.82) is 0 Å². The summed E-state index contributed by atoms with van der Waals surface area (Å²) in [5.41, 5.74) is 4.07. The molecule has 0 aliphatic heterocycles. The van der Waals surface area contributed by atoms with E-state index in [0.717, 1.165) is 22.4 Å². The zero-order chi connectivity index (χ0) is 14.0. The van der Waals surface area contributed by atoms with E-state index in [1.807, 2.05) is 20.8 Å². The summed E-state index contributed by atoms with van der Waals surface area (Å²) >= 11 is 0.